The molecule has 0 spiro atoms. The number of benzene rings is 1. The van der Waals surface area contributed by atoms with E-state index in [4.69, 9.17) is 11.6 Å². The van der Waals surface area contributed by atoms with Crippen molar-refractivity contribution >= 4 is 39.9 Å². The van der Waals surface area contributed by atoms with Crippen LogP contribution < -0.4 is 5.32 Å². The maximum Gasteiger partial charge on any atom is 0.257 e. The Morgan fingerprint density at radius 2 is 1.90 bits per heavy atom. The van der Waals surface area contributed by atoms with Gasteiger partial charge in [0.05, 0.1) is 12.1 Å². The number of amides is 2. The molecule has 2 aromatic rings. The van der Waals surface area contributed by atoms with Gasteiger partial charge in [0.1, 0.15) is 0 Å². The van der Waals surface area contributed by atoms with Crippen molar-refractivity contribution in [1.29, 1.82) is 0 Å². The molecule has 0 bridgehead atoms. The lowest BCUT2D eigenvalue weighted by Gasteiger charge is -2.44. The number of aromatic nitrogens is 1. The van der Waals surface area contributed by atoms with Crippen LogP contribution in [0.2, 0.25) is 5.02 Å². The van der Waals surface area contributed by atoms with Crippen molar-refractivity contribution < 1.29 is 9.59 Å². The molecule has 2 fully saturated rings. The van der Waals surface area contributed by atoms with E-state index in [1.807, 2.05) is 10.3 Å². The quantitative estimate of drug-likeness (QED) is 0.715. The van der Waals surface area contributed by atoms with Gasteiger partial charge in [-0.25, -0.2) is 4.98 Å². The number of carbonyl (C=O) groups excluding carboxylic acids is 2. The normalized spacial score (nSPS) is 20.6. The summed E-state index contributed by atoms with van der Waals surface area (Å²) in [5.41, 5.74) is 1.21. The zero-order chi connectivity index (χ0) is 21.8. The Labute approximate surface area is 192 Å². The summed E-state index contributed by atoms with van der Waals surface area (Å²) in [6.07, 6.45) is 6.88. The van der Waals surface area contributed by atoms with Gasteiger partial charge in [-0.1, -0.05) is 30.9 Å². The Bertz CT molecular complexity index is 911. The first kappa shape index (κ1) is 22.2. The molecular weight excluding hydrogens is 432 g/mol. The molecule has 166 valence electrons. The lowest BCUT2D eigenvalue weighted by molar-refractivity contribution is -0.135. The van der Waals surface area contributed by atoms with Crippen molar-refractivity contribution in [2.45, 2.75) is 57.5 Å². The fourth-order valence-corrected chi connectivity index (χ4v) is 5.44. The van der Waals surface area contributed by atoms with Gasteiger partial charge in [0.2, 0.25) is 5.91 Å². The van der Waals surface area contributed by atoms with E-state index in [0.717, 1.165) is 19.6 Å². The highest BCUT2D eigenvalue weighted by Crippen LogP contribution is 2.25. The van der Waals surface area contributed by atoms with Gasteiger partial charge in [0.25, 0.3) is 5.91 Å². The summed E-state index contributed by atoms with van der Waals surface area (Å²) in [4.78, 5) is 34.3. The topological polar surface area (TPSA) is 65.5 Å². The third-order valence-electron chi connectivity index (χ3n) is 6.28. The van der Waals surface area contributed by atoms with Gasteiger partial charge in [-0.2, -0.15) is 0 Å². The highest BCUT2D eigenvalue weighted by molar-refractivity contribution is 7.14. The largest absolute Gasteiger partial charge is 0.337 e. The van der Waals surface area contributed by atoms with E-state index in [9.17, 15) is 9.59 Å². The number of rotatable bonds is 5. The molecule has 1 aliphatic carbocycles. The highest BCUT2D eigenvalue weighted by Gasteiger charge is 2.31. The lowest BCUT2D eigenvalue weighted by Crippen LogP contribution is -2.57. The van der Waals surface area contributed by atoms with Gasteiger partial charge in [-0.15, -0.1) is 11.3 Å². The van der Waals surface area contributed by atoms with Gasteiger partial charge in [-0.3, -0.25) is 19.8 Å². The van der Waals surface area contributed by atoms with E-state index >= 15 is 0 Å². The molecule has 31 heavy (non-hydrogen) atoms. The van der Waals surface area contributed by atoms with E-state index in [0.29, 0.717) is 27.5 Å². The molecule has 2 amide bonds. The van der Waals surface area contributed by atoms with Crippen LogP contribution in [0.4, 0.5) is 5.13 Å². The predicted molar refractivity (Wildman–Crippen MR) is 125 cm³/mol. The molecule has 4 rings (SSSR count). The van der Waals surface area contributed by atoms with Gasteiger partial charge in [-0.05, 0) is 44.0 Å². The molecule has 1 atom stereocenters. The molecule has 6 nitrogen and oxygen atoms in total. The summed E-state index contributed by atoms with van der Waals surface area (Å²) in [5.74, 6) is -0.131. The first-order chi connectivity index (χ1) is 15.0. The number of hydrogen-bond donors (Lipinski definition) is 1. The van der Waals surface area contributed by atoms with Crippen molar-refractivity contribution in [1.82, 2.24) is 14.8 Å². The average Bonchev–Trinajstić information content (AvgIpc) is 3.21. The van der Waals surface area contributed by atoms with E-state index in [1.54, 1.807) is 24.3 Å². The van der Waals surface area contributed by atoms with Crippen LogP contribution in [-0.2, 0) is 11.2 Å². The fraction of sp³-hybridized carbons (Fsp3) is 0.522. The van der Waals surface area contributed by atoms with Crippen molar-refractivity contribution in [3.63, 3.8) is 0 Å². The van der Waals surface area contributed by atoms with E-state index < -0.39 is 0 Å². The van der Waals surface area contributed by atoms with Crippen LogP contribution in [0, 0.1) is 0 Å². The zero-order valence-corrected chi connectivity index (χ0v) is 19.4. The third-order valence-corrected chi connectivity index (χ3v) is 7.34. The molecule has 1 saturated carbocycles. The minimum atomic E-state index is -0.239. The number of halogens is 1. The summed E-state index contributed by atoms with van der Waals surface area (Å²) >= 11 is 7.21. The Hall–Kier alpha value is -1.96. The standard InChI is InChI=1S/C23H29ClN4O2S/c1-16-14-27(20-5-3-2-4-6-20)11-12-28(16)21(29)13-19-15-31-23(25-19)26-22(30)17-7-9-18(24)10-8-17/h7-10,15-16,20H,2-6,11-14H2,1H3,(H,25,26,30). The minimum Gasteiger partial charge on any atom is -0.337 e. The molecule has 1 aromatic heterocycles. The SMILES string of the molecule is CC1CN(C2CCCCC2)CCN1C(=O)Cc1csc(NC(=O)c2ccc(Cl)cc2)n1. The first-order valence-corrected chi connectivity index (χ1v) is 12.3. The molecule has 1 unspecified atom stereocenters. The summed E-state index contributed by atoms with van der Waals surface area (Å²) in [5, 5.41) is 5.72. The zero-order valence-electron chi connectivity index (χ0n) is 17.8. The van der Waals surface area contributed by atoms with Crippen LogP contribution in [0.5, 0.6) is 0 Å². The van der Waals surface area contributed by atoms with Crippen LogP contribution in [-0.4, -0.2) is 58.3 Å². The number of hydrogen-bond acceptors (Lipinski definition) is 5. The fourth-order valence-electron chi connectivity index (χ4n) is 4.61. The van der Waals surface area contributed by atoms with Gasteiger partial charge in [0, 0.05) is 47.7 Å². The van der Waals surface area contributed by atoms with E-state index in [2.05, 4.69) is 22.1 Å². The Morgan fingerprint density at radius 1 is 1.16 bits per heavy atom. The Morgan fingerprint density at radius 3 is 2.61 bits per heavy atom. The minimum absolute atomic E-state index is 0.108. The summed E-state index contributed by atoms with van der Waals surface area (Å²) in [6, 6.07) is 7.60. The second-order valence-corrected chi connectivity index (χ2v) is 9.80. The Kier molecular flexibility index (Phi) is 7.25. The van der Waals surface area contributed by atoms with Crippen molar-refractivity contribution in [2.75, 3.05) is 25.0 Å². The second kappa shape index (κ2) is 10.1. The molecule has 2 aliphatic rings. The van der Waals surface area contributed by atoms with Crippen LogP contribution in [0.15, 0.2) is 29.6 Å². The molecule has 2 heterocycles. The van der Waals surface area contributed by atoms with E-state index in [1.165, 1.54) is 43.4 Å². The third kappa shape index (κ3) is 5.64. The monoisotopic (exact) mass is 460 g/mol. The van der Waals surface area contributed by atoms with Crippen molar-refractivity contribution in [3.05, 3.63) is 45.9 Å². The lowest BCUT2D eigenvalue weighted by atomic mass is 9.93. The number of thiazole rings is 1. The number of nitrogens with zero attached hydrogens (tertiary/aromatic N) is 3. The van der Waals surface area contributed by atoms with Gasteiger partial charge < -0.3 is 4.90 Å². The van der Waals surface area contributed by atoms with Gasteiger partial charge >= 0.3 is 0 Å². The first-order valence-electron chi connectivity index (χ1n) is 11.0. The molecule has 1 aromatic carbocycles. The number of anilines is 1. The van der Waals surface area contributed by atoms with Crippen LogP contribution in [0.25, 0.3) is 0 Å². The smallest absolute Gasteiger partial charge is 0.257 e. The molecule has 1 saturated heterocycles. The van der Waals surface area contributed by atoms with Crippen LogP contribution in [0.1, 0.15) is 55.1 Å². The molecular formula is C23H29ClN4O2S. The van der Waals surface area contributed by atoms with Crippen LogP contribution >= 0.6 is 22.9 Å². The molecule has 8 heteroatoms. The number of carbonyl (C=O) groups is 2. The van der Waals surface area contributed by atoms with Crippen molar-refractivity contribution in [3.8, 4) is 0 Å². The maximum atomic E-state index is 12.9. The molecule has 1 aliphatic heterocycles. The predicted octanol–water partition coefficient (Wildman–Crippen LogP) is 4.46. The maximum absolute atomic E-state index is 12.9. The van der Waals surface area contributed by atoms with Crippen LogP contribution in [0.3, 0.4) is 0 Å². The van der Waals surface area contributed by atoms with Gasteiger partial charge in [0.15, 0.2) is 5.13 Å². The molecule has 0 radical (unpaired) electrons. The summed E-state index contributed by atoms with van der Waals surface area (Å²) in [6.45, 7) is 4.84. The second-order valence-electron chi connectivity index (χ2n) is 8.50. The Balaban J connectivity index is 1.29. The summed E-state index contributed by atoms with van der Waals surface area (Å²) < 4.78 is 0. The number of nitrogens with one attached hydrogen (secondary N) is 1. The number of piperazine rings is 1. The van der Waals surface area contributed by atoms with Crippen molar-refractivity contribution in [2.24, 2.45) is 0 Å². The highest BCUT2D eigenvalue weighted by atomic mass is 35.5. The average molecular weight is 461 g/mol. The van der Waals surface area contributed by atoms with E-state index in [-0.39, 0.29) is 24.3 Å². The summed E-state index contributed by atoms with van der Waals surface area (Å²) in [7, 11) is 0. The molecule has 1 N–H and O–H groups in total.